The number of primary amides is 1. The van der Waals surface area contributed by atoms with Crippen LogP contribution in [0.5, 0.6) is 0 Å². The molecule has 4 N–H and O–H groups in total. The van der Waals surface area contributed by atoms with Gasteiger partial charge in [-0.1, -0.05) is 19.8 Å². The first-order valence-corrected chi connectivity index (χ1v) is 6.87. The second kappa shape index (κ2) is 11.0. The summed E-state index contributed by atoms with van der Waals surface area (Å²) in [6, 6.07) is -0.180. The van der Waals surface area contributed by atoms with Crippen molar-refractivity contribution in [1.29, 1.82) is 0 Å². The van der Waals surface area contributed by atoms with Crippen LogP contribution in [0.4, 0.5) is 0 Å². The number of carbonyl (C=O) groups excluding carboxylic acids is 2. The van der Waals surface area contributed by atoms with Crippen molar-refractivity contribution in [2.75, 3.05) is 13.1 Å². The summed E-state index contributed by atoms with van der Waals surface area (Å²) in [6.07, 6.45) is 5.38. The molecule has 0 rings (SSSR count). The van der Waals surface area contributed by atoms with Crippen LogP contribution in [-0.2, 0) is 9.59 Å². The highest BCUT2D eigenvalue weighted by atomic mass is 16.2. The molecule has 0 fully saturated rings. The number of nitrogens with one attached hydrogen (secondary N) is 2. The Morgan fingerprint density at radius 1 is 1.11 bits per heavy atom. The lowest BCUT2D eigenvalue weighted by Crippen LogP contribution is -2.42. The summed E-state index contributed by atoms with van der Waals surface area (Å²) in [7, 11) is 0. The summed E-state index contributed by atoms with van der Waals surface area (Å²) in [5.74, 6) is -0.224. The zero-order chi connectivity index (χ0) is 13.8. The van der Waals surface area contributed by atoms with Crippen molar-refractivity contribution in [3.63, 3.8) is 0 Å². The van der Waals surface area contributed by atoms with Crippen LogP contribution < -0.4 is 16.4 Å². The topological polar surface area (TPSA) is 84.2 Å². The van der Waals surface area contributed by atoms with Crippen LogP contribution in [0, 0.1) is 0 Å². The fraction of sp³-hybridized carbons (Fsp3) is 0.846. The van der Waals surface area contributed by atoms with E-state index in [4.69, 9.17) is 5.73 Å². The van der Waals surface area contributed by atoms with Gasteiger partial charge < -0.3 is 16.4 Å². The second-order valence-electron chi connectivity index (χ2n) is 4.60. The fourth-order valence-corrected chi connectivity index (χ4v) is 1.58. The van der Waals surface area contributed by atoms with Crippen molar-refractivity contribution in [1.82, 2.24) is 10.6 Å². The molecule has 0 bridgehead atoms. The molecule has 18 heavy (non-hydrogen) atoms. The van der Waals surface area contributed by atoms with E-state index in [2.05, 4.69) is 17.6 Å². The van der Waals surface area contributed by atoms with Gasteiger partial charge in [-0.3, -0.25) is 9.59 Å². The molecule has 0 aliphatic heterocycles. The second-order valence-corrected chi connectivity index (χ2v) is 4.60. The van der Waals surface area contributed by atoms with Crippen LogP contribution in [0.15, 0.2) is 0 Å². The molecule has 0 spiro atoms. The van der Waals surface area contributed by atoms with E-state index in [0.29, 0.717) is 6.42 Å². The SMILES string of the molecule is CCCCCNC(=O)C(C)NCCCCC(N)=O. The minimum Gasteiger partial charge on any atom is -0.370 e. The number of hydrogen-bond acceptors (Lipinski definition) is 3. The monoisotopic (exact) mass is 257 g/mol. The molecule has 0 saturated heterocycles. The van der Waals surface area contributed by atoms with E-state index < -0.39 is 0 Å². The third-order valence-electron chi connectivity index (χ3n) is 2.77. The first-order valence-electron chi connectivity index (χ1n) is 6.87. The predicted molar refractivity (Wildman–Crippen MR) is 73.0 cm³/mol. The average Bonchev–Trinajstić information content (AvgIpc) is 2.33. The van der Waals surface area contributed by atoms with Gasteiger partial charge in [0, 0.05) is 13.0 Å². The van der Waals surface area contributed by atoms with E-state index in [9.17, 15) is 9.59 Å². The van der Waals surface area contributed by atoms with Crippen molar-refractivity contribution in [3.05, 3.63) is 0 Å². The lowest BCUT2D eigenvalue weighted by molar-refractivity contribution is -0.123. The molecule has 1 atom stereocenters. The van der Waals surface area contributed by atoms with Crippen LogP contribution in [0.1, 0.15) is 52.4 Å². The number of carbonyl (C=O) groups is 2. The quantitative estimate of drug-likeness (QED) is 0.481. The Bertz CT molecular complexity index is 244. The number of unbranched alkanes of at least 4 members (excludes halogenated alkanes) is 3. The Balaban J connectivity index is 3.46. The average molecular weight is 257 g/mol. The smallest absolute Gasteiger partial charge is 0.236 e. The normalized spacial score (nSPS) is 12.1. The molecular formula is C13H27N3O2. The van der Waals surface area contributed by atoms with E-state index >= 15 is 0 Å². The maximum atomic E-state index is 11.6. The summed E-state index contributed by atoms with van der Waals surface area (Å²) in [5, 5.41) is 6.03. The van der Waals surface area contributed by atoms with E-state index in [1.165, 1.54) is 0 Å². The first-order chi connectivity index (χ1) is 8.57. The zero-order valence-electron chi connectivity index (χ0n) is 11.6. The molecule has 5 heteroatoms. The number of amides is 2. The molecule has 106 valence electrons. The van der Waals surface area contributed by atoms with Gasteiger partial charge in [0.2, 0.25) is 11.8 Å². The van der Waals surface area contributed by atoms with Crippen molar-refractivity contribution >= 4 is 11.8 Å². The Morgan fingerprint density at radius 3 is 2.39 bits per heavy atom. The zero-order valence-corrected chi connectivity index (χ0v) is 11.6. The molecule has 0 aromatic rings. The van der Waals surface area contributed by atoms with Crippen molar-refractivity contribution in [2.24, 2.45) is 5.73 Å². The van der Waals surface area contributed by atoms with Crippen LogP contribution >= 0.6 is 0 Å². The predicted octanol–water partition coefficient (Wildman–Crippen LogP) is 0.927. The van der Waals surface area contributed by atoms with Crippen molar-refractivity contribution < 1.29 is 9.59 Å². The third-order valence-corrected chi connectivity index (χ3v) is 2.77. The number of nitrogens with two attached hydrogens (primary N) is 1. The molecule has 0 aromatic carbocycles. The largest absolute Gasteiger partial charge is 0.370 e. The van der Waals surface area contributed by atoms with Gasteiger partial charge in [-0.2, -0.15) is 0 Å². The maximum Gasteiger partial charge on any atom is 0.236 e. The van der Waals surface area contributed by atoms with E-state index in [-0.39, 0.29) is 17.9 Å². The summed E-state index contributed by atoms with van der Waals surface area (Å²) in [6.45, 7) is 5.47. The first kappa shape index (κ1) is 16.9. The number of hydrogen-bond donors (Lipinski definition) is 3. The summed E-state index contributed by atoms with van der Waals surface area (Å²) in [4.78, 5) is 22.1. The minimum absolute atomic E-state index is 0.0426. The molecule has 0 aromatic heterocycles. The standard InChI is InChI=1S/C13H27N3O2/c1-3-4-6-10-16-13(18)11(2)15-9-7-5-8-12(14)17/h11,15H,3-10H2,1-2H3,(H2,14,17)(H,16,18). The molecular weight excluding hydrogens is 230 g/mol. The third kappa shape index (κ3) is 10.1. The van der Waals surface area contributed by atoms with E-state index in [1.807, 2.05) is 6.92 Å². The lowest BCUT2D eigenvalue weighted by Gasteiger charge is -2.13. The van der Waals surface area contributed by atoms with E-state index in [0.717, 1.165) is 45.2 Å². The summed E-state index contributed by atoms with van der Waals surface area (Å²) >= 11 is 0. The minimum atomic E-state index is -0.267. The Labute approximate surface area is 110 Å². The van der Waals surface area contributed by atoms with Gasteiger partial charge in [-0.15, -0.1) is 0 Å². The van der Waals surface area contributed by atoms with Gasteiger partial charge in [0.15, 0.2) is 0 Å². The van der Waals surface area contributed by atoms with Crippen molar-refractivity contribution in [3.8, 4) is 0 Å². The number of rotatable bonds is 11. The molecule has 0 heterocycles. The van der Waals surface area contributed by atoms with Gasteiger partial charge >= 0.3 is 0 Å². The lowest BCUT2D eigenvalue weighted by atomic mass is 10.2. The van der Waals surface area contributed by atoms with Crippen LogP contribution in [0.25, 0.3) is 0 Å². The maximum absolute atomic E-state index is 11.6. The fourth-order valence-electron chi connectivity index (χ4n) is 1.58. The van der Waals surface area contributed by atoms with Gasteiger partial charge in [0.25, 0.3) is 0 Å². The highest BCUT2D eigenvalue weighted by Crippen LogP contribution is 1.94. The van der Waals surface area contributed by atoms with Gasteiger partial charge in [-0.25, -0.2) is 0 Å². The van der Waals surface area contributed by atoms with E-state index in [1.54, 1.807) is 0 Å². The van der Waals surface area contributed by atoms with Gasteiger partial charge in [-0.05, 0) is 32.7 Å². The Kier molecular flexibility index (Phi) is 10.3. The molecule has 1 unspecified atom stereocenters. The molecule has 0 saturated carbocycles. The van der Waals surface area contributed by atoms with Crippen molar-refractivity contribution in [2.45, 2.75) is 58.4 Å². The Hall–Kier alpha value is -1.10. The Morgan fingerprint density at radius 2 is 1.78 bits per heavy atom. The molecule has 0 aliphatic rings. The molecule has 2 amide bonds. The summed E-state index contributed by atoms with van der Waals surface area (Å²) in [5.41, 5.74) is 5.04. The molecule has 0 aliphatic carbocycles. The highest BCUT2D eigenvalue weighted by molar-refractivity contribution is 5.81. The van der Waals surface area contributed by atoms with Crippen LogP contribution in [0.2, 0.25) is 0 Å². The molecule has 5 nitrogen and oxygen atoms in total. The van der Waals surface area contributed by atoms with Crippen LogP contribution in [-0.4, -0.2) is 30.9 Å². The highest BCUT2D eigenvalue weighted by Gasteiger charge is 2.10. The van der Waals surface area contributed by atoms with Gasteiger partial charge in [0.05, 0.1) is 6.04 Å². The summed E-state index contributed by atoms with van der Waals surface area (Å²) < 4.78 is 0. The van der Waals surface area contributed by atoms with Crippen LogP contribution in [0.3, 0.4) is 0 Å². The van der Waals surface area contributed by atoms with Gasteiger partial charge in [0.1, 0.15) is 0 Å². The molecule has 0 radical (unpaired) electrons.